The highest BCUT2D eigenvalue weighted by molar-refractivity contribution is 5.74. The number of fused-ring (bicyclic) bond motifs is 1. The summed E-state index contributed by atoms with van der Waals surface area (Å²) in [5.41, 5.74) is 2.84. The maximum atomic E-state index is 11.4. The summed E-state index contributed by atoms with van der Waals surface area (Å²) in [6.45, 7) is 3.34. The van der Waals surface area contributed by atoms with Crippen LogP contribution in [0.15, 0.2) is 18.2 Å². The summed E-state index contributed by atoms with van der Waals surface area (Å²) in [5.74, 6) is -0.226. The van der Waals surface area contributed by atoms with E-state index in [1.165, 1.54) is 18.4 Å². The van der Waals surface area contributed by atoms with E-state index in [1.54, 1.807) is 18.4 Å². The van der Waals surface area contributed by atoms with Gasteiger partial charge in [0.05, 0.1) is 23.2 Å². The number of hydrogen-bond donors (Lipinski definition) is 2. The molecular weight excluding hydrogens is 268 g/mol. The van der Waals surface area contributed by atoms with Crippen molar-refractivity contribution in [3.63, 3.8) is 0 Å². The molecule has 21 heavy (non-hydrogen) atoms. The standard InChI is InChI=1S/C16H20N2O3/c1-16(2,15(20)21)8-14-6-11(10-3-4-10)5-13-7-12(9-19)17-18(13)14/h5-7,10,19H,3-4,8-9H2,1-2H3,(H,20,21). The van der Waals surface area contributed by atoms with Crippen LogP contribution in [0.3, 0.4) is 0 Å². The lowest BCUT2D eigenvalue weighted by molar-refractivity contribution is -0.146. The lowest BCUT2D eigenvalue weighted by Gasteiger charge is -2.20. The Labute approximate surface area is 123 Å². The molecule has 0 spiro atoms. The molecule has 0 radical (unpaired) electrons. The van der Waals surface area contributed by atoms with Crippen LogP contribution in [0.4, 0.5) is 0 Å². The molecule has 2 aromatic rings. The molecule has 0 atom stereocenters. The molecule has 1 fully saturated rings. The van der Waals surface area contributed by atoms with Gasteiger partial charge in [-0.1, -0.05) is 0 Å². The van der Waals surface area contributed by atoms with Gasteiger partial charge in [-0.3, -0.25) is 4.79 Å². The third-order valence-corrected chi connectivity index (χ3v) is 4.12. The van der Waals surface area contributed by atoms with E-state index in [-0.39, 0.29) is 6.61 Å². The van der Waals surface area contributed by atoms with Gasteiger partial charge in [-0.05, 0) is 56.4 Å². The van der Waals surface area contributed by atoms with Crippen LogP contribution >= 0.6 is 0 Å². The first-order valence-electron chi connectivity index (χ1n) is 7.26. The molecule has 0 unspecified atom stereocenters. The second kappa shape index (κ2) is 4.84. The number of carboxylic acid groups (broad SMARTS) is 1. The topological polar surface area (TPSA) is 74.8 Å². The summed E-state index contributed by atoms with van der Waals surface area (Å²) in [7, 11) is 0. The van der Waals surface area contributed by atoms with Crippen molar-refractivity contribution in [2.75, 3.05) is 0 Å². The van der Waals surface area contributed by atoms with Crippen molar-refractivity contribution in [1.29, 1.82) is 0 Å². The number of carboxylic acids is 1. The van der Waals surface area contributed by atoms with Crippen molar-refractivity contribution < 1.29 is 15.0 Å². The smallest absolute Gasteiger partial charge is 0.309 e. The molecule has 0 bridgehead atoms. The van der Waals surface area contributed by atoms with Gasteiger partial charge in [0.25, 0.3) is 0 Å². The first-order valence-corrected chi connectivity index (χ1v) is 7.26. The number of carbonyl (C=O) groups is 1. The molecule has 112 valence electrons. The Morgan fingerprint density at radius 2 is 2.10 bits per heavy atom. The molecule has 1 aliphatic rings. The second-order valence-electron chi connectivity index (χ2n) is 6.55. The lowest BCUT2D eigenvalue weighted by Crippen LogP contribution is -2.27. The average molecular weight is 288 g/mol. The Kier molecular flexibility index (Phi) is 3.24. The van der Waals surface area contributed by atoms with Crippen LogP contribution in [-0.4, -0.2) is 25.8 Å². The molecule has 5 nitrogen and oxygen atoms in total. The number of aliphatic hydroxyl groups excluding tert-OH is 1. The van der Waals surface area contributed by atoms with E-state index in [9.17, 15) is 15.0 Å². The number of pyridine rings is 1. The highest BCUT2D eigenvalue weighted by Crippen LogP contribution is 2.41. The highest BCUT2D eigenvalue weighted by Gasteiger charge is 2.30. The van der Waals surface area contributed by atoms with E-state index in [0.717, 1.165) is 11.2 Å². The molecule has 0 aromatic carbocycles. The number of aromatic nitrogens is 2. The molecule has 2 heterocycles. The van der Waals surface area contributed by atoms with Crippen molar-refractivity contribution in [1.82, 2.24) is 9.61 Å². The van der Waals surface area contributed by atoms with E-state index in [1.807, 2.05) is 6.07 Å². The lowest BCUT2D eigenvalue weighted by atomic mass is 9.87. The summed E-state index contributed by atoms with van der Waals surface area (Å²) in [6.07, 6.45) is 2.80. The largest absolute Gasteiger partial charge is 0.481 e. The summed E-state index contributed by atoms with van der Waals surface area (Å²) in [6, 6.07) is 6.04. The monoisotopic (exact) mass is 288 g/mol. The Balaban J connectivity index is 2.09. The molecule has 1 aliphatic carbocycles. The van der Waals surface area contributed by atoms with Gasteiger partial charge in [-0.2, -0.15) is 5.10 Å². The Hall–Kier alpha value is -1.88. The molecule has 0 saturated heterocycles. The van der Waals surface area contributed by atoms with Gasteiger partial charge in [0.15, 0.2) is 0 Å². The molecule has 3 rings (SSSR count). The number of rotatable bonds is 5. The number of hydrogen-bond acceptors (Lipinski definition) is 3. The van der Waals surface area contributed by atoms with Gasteiger partial charge in [0.1, 0.15) is 0 Å². The van der Waals surface area contributed by atoms with Crippen LogP contribution in [0.25, 0.3) is 5.52 Å². The van der Waals surface area contributed by atoms with Crippen molar-refractivity contribution in [2.24, 2.45) is 5.41 Å². The minimum atomic E-state index is -0.847. The van der Waals surface area contributed by atoms with Crippen LogP contribution in [0.1, 0.15) is 49.6 Å². The van der Waals surface area contributed by atoms with Crippen LogP contribution in [0.5, 0.6) is 0 Å². The number of aliphatic hydroxyl groups is 1. The van der Waals surface area contributed by atoms with Crippen LogP contribution in [0.2, 0.25) is 0 Å². The SMILES string of the molecule is CC(C)(Cc1cc(C2CC2)cc2cc(CO)nn12)C(=O)O. The van der Waals surface area contributed by atoms with Gasteiger partial charge < -0.3 is 10.2 Å². The summed E-state index contributed by atoms with van der Waals surface area (Å²) in [5, 5.41) is 23.0. The zero-order chi connectivity index (χ0) is 15.2. The molecular formula is C16H20N2O3. The van der Waals surface area contributed by atoms with Gasteiger partial charge in [-0.25, -0.2) is 4.52 Å². The summed E-state index contributed by atoms with van der Waals surface area (Å²) in [4.78, 5) is 11.4. The molecule has 0 aliphatic heterocycles. The number of nitrogens with zero attached hydrogens (tertiary/aromatic N) is 2. The molecule has 0 amide bonds. The normalized spacial score (nSPS) is 15.6. The van der Waals surface area contributed by atoms with Crippen molar-refractivity contribution in [3.05, 3.63) is 35.2 Å². The Morgan fingerprint density at radius 3 is 2.67 bits per heavy atom. The van der Waals surface area contributed by atoms with E-state index >= 15 is 0 Å². The fourth-order valence-electron chi connectivity index (χ4n) is 2.63. The Morgan fingerprint density at radius 1 is 1.38 bits per heavy atom. The van der Waals surface area contributed by atoms with E-state index in [2.05, 4.69) is 17.2 Å². The first kappa shape index (κ1) is 14.1. The van der Waals surface area contributed by atoms with Gasteiger partial charge >= 0.3 is 5.97 Å². The third-order valence-electron chi connectivity index (χ3n) is 4.12. The van der Waals surface area contributed by atoms with Crippen molar-refractivity contribution in [3.8, 4) is 0 Å². The average Bonchev–Trinajstić information content (AvgIpc) is 3.17. The Bertz CT molecular complexity index is 699. The summed E-state index contributed by atoms with van der Waals surface area (Å²) >= 11 is 0. The molecule has 2 aromatic heterocycles. The third kappa shape index (κ3) is 2.65. The maximum absolute atomic E-state index is 11.4. The quantitative estimate of drug-likeness (QED) is 0.885. The predicted octanol–water partition coefficient (Wildman–Crippen LogP) is 2.36. The molecule has 2 N–H and O–H groups in total. The van der Waals surface area contributed by atoms with Crippen molar-refractivity contribution in [2.45, 2.75) is 45.6 Å². The first-order chi connectivity index (χ1) is 9.90. The zero-order valence-electron chi connectivity index (χ0n) is 12.3. The minimum Gasteiger partial charge on any atom is -0.481 e. The van der Waals surface area contributed by atoms with Gasteiger partial charge in [0, 0.05) is 12.1 Å². The molecule has 5 heteroatoms. The van der Waals surface area contributed by atoms with Crippen LogP contribution < -0.4 is 0 Å². The highest BCUT2D eigenvalue weighted by atomic mass is 16.4. The number of aliphatic carboxylic acids is 1. The van der Waals surface area contributed by atoms with E-state index < -0.39 is 11.4 Å². The van der Waals surface area contributed by atoms with E-state index in [4.69, 9.17) is 0 Å². The van der Waals surface area contributed by atoms with Gasteiger partial charge in [0.2, 0.25) is 0 Å². The second-order valence-corrected chi connectivity index (χ2v) is 6.55. The van der Waals surface area contributed by atoms with Crippen LogP contribution in [0, 0.1) is 5.41 Å². The van der Waals surface area contributed by atoms with E-state index in [0.29, 0.717) is 18.0 Å². The molecule has 1 saturated carbocycles. The zero-order valence-corrected chi connectivity index (χ0v) is 12.3. The fraction of sp³-hybridized carbons (Fsp3) is 0.500. The predicted molar refractivity (Wildman–Crippen MR) is 78.2 cm³/mol. The minimum absolute atomic E-state index is 0.109. The van der Waals surface area contributed by atoms with Crippen LogP contribution in [-0.2, 0) is 17.8 Å². The maximum Gasteiger partial charge on any atom is 0.309 e. The fourth-order valence-corrected chi connectivity index (χ4v) is 2.63. The summed E-state index contributed by atoms with van der Waals surface area (Å²) < 4.78 is 1.77. The van der Waals surface area contributed by atoms with Crippen molar-refractivity contribution >= 4 is 11.5 Å². The van der Waals surface area contributed by atoms with Gasteiger partial charge in [-0.15, -0.1) is 0 Å².